The van der Waals surface area contributed by atoms with Gasteiger partial charge in [0, 0.05) is 49.2 Å². The lowest BCUT2D eigenvalue weighted by Gasteiger charge is -2.43. The van der Waals surface area contributed by atoms with Crippen molar-refractivity contribution in [3.63, 3.8) is 0 Å². The number of carbonyl (C=O) groups excluding carboxylic acids is 1. The summed E-state index contributed by atoms with van der Waals surface area (Å²) in [6.45, 7) is 1.68. The third kappa shape index (κ3) is 3.82. The molecule has 9 nitrogen and oxygen atoms in total. The molecule has 3 aliphatic rings. The number of nitrogens with two attached hydrogens (primary N) is 1. The Balaban J connectivity index is 1.27. The molecule has 2 N–H and O–H groups in total. The number of nitrogen functional groups attached to an aromatic ring is 1. The highest BCUT2D eigenvalue weighted by atomic mass is 35.5. The first kappa shape index (κ1) is 20.1. The molecular weight excluding hydrogens is 420 g/mol. The Morgan fingerprint density at radius 2 is 1.94 bits per heavy atom. The van der Waals surface area contributed by atoms with Crippen LogP contribution in [0.4, 0.5) is 17.2 Å². The summed E-state index contributed by atoms with van der Waals surface area (Å²) in [5.74, 6) is 0.776. The normalized spacial score (nSPS) is 27.0. The van der Waals surface area contributed by atoms with Crippen LogP contribution in [-0.2, 0) is 9.53 Å². The largest absolute Gasteiger partial charge is 0.474 e. The second-order valence-electron chi connectivity index (χ2n) is 8.42. The monoisotopic (exact) mass is 444 g/mol. The molecule has 0 amide bonds. The number of carbonyl (C=O) groups is 1. The van der Waals surface area contributed by atoms with Crippen molar-refractivity contribution in [1.82, 2.24) is 15.2 Å². The highest BCUT2D eigenvalue weighted by molar-refractivity contribution is 6.29. The highest BCUT2D eigenvalue weighted by Gasteiger charge is 2.41. The molecule has 1 saturated carbocycles. The second-order valence-corrected chi connectivity index (χ2v) is 8.81. The quantitative estimate of drug-likeness (QED) is 0.695. The number of aromatic nitrogens is 3. The maximum absolute atomic E-state index is 11.6. The Morgan fingerprint density at radius 3 is 2.65 bits per heavy atom. The predicted octanol–water partition coefficient (Wildman–Crippen LogP) is 2.30. The number of fused-ring (bicyclic) bond motifs is 2. The topological polar surface area (TPSA) is 107 Å². The Labute approximate surface area is 185 Å². The molecule has 2 saturated heterocycles. The highest BCUT2D eigenvalue weighted by Crippen LogP contribution is 2.39. The molecule has 2 atom stereocenters. The summed E-state index contributed by atoms with van der Waals surface area (Å²) >= 11 is 6.05. The van der Waals surface area contributed by atoms with Crippen molar-refractivity contribution in [2.24, 2.45) is 5.92 Å². The maximum Gasteiger partial charge on any atom is 0.308 e. The summed E-state index contributed by atoms with van der Waals surface area (Å²) in [6, 6.07) is 6.54. The SMILES string of the molecule is COC(=O)C1CC(Oc2cc(N3C4CCC3CN(c3cc(Cl)nnc3N)C4)ccn2)C1. The van der Waals surface area contributed by atoms with Crippen LogP contribution < -0.4 is 20.3 Å². The van der Waals surface area contributed by atoms with Crippen LogP contribution in [-0.4, -0.2) is 59.5 Å². The smallest absolute Gasteiger partial charge is 0.308 e. The molecule has 0 radical (unpaired) electrons. The predicted molar refractivity (Wildman–Crippen MR) is 116 cm³/mol. The molecule has 164 valence electrons. The summed E-state index contributed by atoms with van der Waals surface area (Å²) in [5.41, 5.74) is 8.02. The zero-order chi connectivity index (χ0) is 21.5. The summed E-state index contributed by atoms with van der Waals surface area (Å²) in [6.07, 6.45) is 5.35. The van der Waals surface area contributed by atoms with Gasteiger partial charge < -0.3 is 25.0 Å². The molecule has 2 aromatic rings. The standard InChI is InChI=1S/C21H25ClN6O3/c1-30-21(29)12-6-16(7-12)31-19-8-13(4-5-24-19)28-14-2-3-15(28)11-27(10-14)17-9-18(22)25-26-20(17)23/h4-5,8-9,12,14-16H,2-3,6-7,10-11H2,1H3,(H2,23,26). The molecule has 31 heavy (non-hydrogen) atoms. The van der Waals surface area contributed by atoms with Gasteiger partial charge in [-0.05, 0) is 31.7 Å². The number of methoxy groups -OCH3 is 1. The number of ether oxygens (including phenoxy) is 2. The van der Waals surface area contributed by atoms with Crippen molar-refractivity contribution in [1.29, 1.82) is 0 Å². The van der Waals surface area contributed by atoms with Crippen molar-refractivity contribution in [3.05, 3.63) is 29.5 Å². The van der Waals surface area contributed by atoms with Crippen molar-refractivity contribution < 1.29 is 14.3 Å². The van der Waals surface area contributed by atoms with E-state index >= 15 is 0 Å². The van der Waals surface area contributed by atoms with E-state index in [0.717, 1.165) is 37.3 Å². The van der Waals surface area contributed by atoms with Crippen LogP contribution in [0.3, 0.4) is 0 Å². The van der Waals surface area contributed by atoms with E-state index in [1.165, 1.54) is 7.11 Å². The number of piperazine rings is 1. The number of hydrogen-bond acceptors (Lipinski definition) is 9. The van der Waals surface area contributed by atoms with Crippen molar-refractivity contribution >= 4 is 34.8 Å². The lowest BCUT2D eigenvalue weighted by Crippen LogP contribution is -2.54. The van der Waals surface area contributed by atoms with Gasteiger partial charge in [0.15, 0.2) is 11.0 Å². The Kier molecular flexibility index (Phi) is 5.21. The van der Waals surface area contributed by atoms with E-state index in [-0.39, 0.29) is 18.0 Å². The lowest BCUT2D eigenvalue weighted by molar-refractivity contribution is -0.151. The van der Waals surface area contributed by atoms with Crippen LogP contribution in [0.2, 0.25) is 5.15 Å². The maximum atomic E-state index is 11.6. The summed E-state index contributed by atoms with van der Waals surface area (Å²) < 4.78 is 10.8. The van der Waals surface area contributed by atoms with E-state index in [0.29, 0.717) is 41.8 Å². The summed E-state index contributed by atoms with van der Waals surface area (Å²) in [4.78, 5) is 20.7. The van der Waals surface area contributed by atoms with Crippen molar-refractivity contribution in [2.75, 3.05) is 35.7 Å². The molecule has 3 fully saturated rings. The van der Waals surface area contributed by atoms with E-state index in [1.807, 2.05) is 12.1 Å². The minimum Gasteiger partial charge on any atom is -0.474 e. The number of nitrogens with zero attached hydrogens (tertiary/aromatic N) is 5. The van der Waals surface area contributed by atoms with Crippen LogP contribution in [0.15, 0.2) is 24.4 Å². The first-order chi connectivity index (χ1) is 15.0. The Bertz CT molecular complexity index is 971. The third-order valence-electron chi connectivity index (χ3n) is 6.53. The van der Waals surface area contributed by atoms with Gasteiger partial charge in [-0.3, -0.25) is 4.79 Å². The van der Waals surface area contributed by atoms with Gasteiger partial charge in [0.25, 0.3) is 0 Å². The number of rotatable bonds is 5. The zero-order valence-corrected chi connectivity index (χ0v) is 18.0. The van der Waals surface area contributed by atoms with E-state index in [4.69, 9.17) is 26.8 Å². The van der Waals surface area contributed by atoms with Crippen LogP contribution in [0.5, 0.6) is 5.88 Å². The molecule has 10 heteroatoms. The first-order valence-electron chi connectivity index (χ1n) is 10.5. The number of halogens is 1. The van der Waals surface area contributed by atoms with Crippen molar-refractivity contribution in [3.8, 4) is 5.88 Å². The number of pyridine rings is 1. The van der Waals surface area contributed by atoms with E-state index in [9.17, 15) is 4.79 Å². The van der Waals surface area contributed by atoms with Gasteiger partial charge in [0.1, 0.15) is 6.10 Å². The first-order valence-corrected chi connectivity index (χ1v) is 10.9. The number of esters is 1. The van der Waals surface area contributed by atoms with Crippen LogP contribution >= 0.6 is 11.6 Å². The Hall–Kier alpha value is -2.81. The molecule has 2 aliphatic heterocycles. The fraction of sp³-hybridized carbons (Fsp3) is 0.524. The number of anilines is 3. The molecule has 2 unspecified atom stereocenters. The van der Waals surface area contributed by atoms with Crippen molar-refractivity contribution in [2.45, 2.75) is 43.9 Å². The number of hydrogen-bond donors (Lipinski definition) is 1. The fourth-order valence-electron chi connectivity index (χ4n) is 4.96. The Morgan fingerprint density at radius 1 is 1.19 bits per heavy atom. The molecule has 4 heterocycles. The van der Waals surface area contributed by atoms with Gasteiger partial charge in [-0.25, -0.2) is 4.98 Å². The average molecular weight is 445 g/mol. The summed E-state index contributed by atoms with van der Waals surface area (Å²) in [5, 5.41) is 8.13. The van der Waals surface area contributed by atoms with Crippen LogP contribution in [0, 0.1) is 5.92 Å². The molecule has 2 bridgehead atoms. The molecule has 2 aromatic heterocycles. The molecule has 0 aromatic carbocycles. The van der Waals surface area contributed by atoms with Gasteiger partial charge in [0.2, 0.25) is 5.88 Å². The third-order valence-corrected chi connectivity index (χ3v) is 6.71. The molecule has 5 rings (SSSR count). The van der Waals surface area contributed by atoms with Crippen LogP contribution in [0.1, 0.15) is 25.7 Å². The molecule has 1 aliphatic carbocycles. The van der Waals surface area contributed by atoms with Gasteiger partial charge in [-0.15, -0.1) is 10.2 Å². The minimum atomic E-state index is -0.165. The van der Waals surface area contributed by atoms with Gasteiger partial charge >= 0.3 is 5.97 Å². The second kappa shape index (κ2) is 8.03. The minimum absolute atomic E-state index is 0.00679. The van der Waals surface area contributed by atoms with Crippen LogP contribution in [0.25, 0.3) is 0 Å². The fourth-order valence-corrected chi connectivity index (χ4v) is 5.10. The zero-order valence-electron chi connectivity index (χ0n) is 17.3. The molecular formula is C21H25ClN6O3. The van der Waals surface area contributed by atoms with E-state index < -0.39 is 0 Å². The molecule has 0 spiro atoms. The lowest BCUT2D eigenvalue weighted by atomic mass is 9.82. The van der Waals surface area contributed by atoms with E-state index in [1.54, 1.807) is 12.3 Å². The average Bonchev–Trinajstić information content (AvgIpc) is 3.01. The van der Waals surface area contributed by atoms with Gasteiger partial charge in [-0.2, -0.15) is 0 Å². The van der Waals surface area contributed by atoms with Gasteiger partial charge in [0.05, 0.1) is 18.7 Å². The summed E-state index contributed by atoms with van der Waals surface area (Å²) in [7, 11) is 1.42. The van der Waals surface area contributed by atoms with E-state index in [2.05, 4.69) is 25.0 Å². The van der Waals surface area contributed by atoms with Gasteiger partial charge in [-0.1, -0.05) is 11.6 Å².